The molecule has 0 bridgehead atoms. The van der Waals surface area contributed by atoms with Crippen LogP contribution in [0.3, 0.4) is 0 Å². The highest BCUT2D eigenvalue weighted by atomic mass is 19.1. The van der Waals surface area contributed by atoms with E-state index in [-0.39, 0.29) is 0 Å². The van der Waals surface area contributed by atoms with Crippen molar-refractivity contribution in [3.63, 3.8) is 0 Å². The molecule has 1 aromatic carbocycles. The van der Waals surface area contributed by atoms with Crippen LogP contribution in [0, 0.1) is 29.8 Å². The van der Waals surface area contributed by atoms with Gasteiger partial charge in [0.2, 0.25) is 0 Å². The largest absolute Gasteiger partial charge is 0.314 e. The maximum atomic E-state index is 12.9. The molecular weight excluding hydrogens is 179 g/mol. The molecule has 0 fully saturated rings. The van der Waals surface area contributed by atoms with Gasteiger partial charge < -0.3 is 5.73 Å². The summed E-state index contributed by atoms with van der Waals surface area (Å²) in [5.74, 6) is -1.17. The van der Waals surface area contributed by atoms with Crippen LogP contribution in [-0.2, 0) is 0 Å². The van der Waals surface area contributed by atoms with Gasteiger partial charge in [0.25, 0.3) is 0 Å². The number of rotatable bonds is 1. The molecule has 1 rings (SSSR count). The van der Waals surface area contributed by atoms with Gasteiger partial charge in [-0.05, 0) is 0 Å². The highest BCUT2D eigenvalue weighted by Gasteiger charge is 2.16. The number of nitrogens with two attached hydrogens (primary N) is 1. The number of halogens is 3. The van der Waals surface area contributed by atoms with Crippen molar-refractivity contribution in [3.05, 3.63) is 35.1 Å². The van der Waals surface area contributed by atoms with Gasteiger partial charge in [0.05, 0.1) is 11.6 Å². The summed E-state index contributed by atoms with van der Waals surface area (Å²) in [5, 5.41) is 0. The summed E-state index contributed by atoms with van der Waals surface area (Å²) < 4.78 is 38.2. The molecule has 1 nitrogen and oxygen atoms in total. The van der Waals surface area contributed by atoms with Crippen molar-refractivity contribution in [1.29, 1.82) is 0 Å². The third-order valence-corrected chi connectivity index (χ3v) is 1.53. The normalized spacial score (nSPS) is 12.2. The first-order valence-corrected chi connectivity index (χ1v) is 3.42. The van der Waals surface area contributed by atoms with Gasteiger partial charge in [0.1, 0.15) is 17.5 Å². The van der Waals surface area contributed by atoms with Crippen LogP contribution in [0.2, 0.25) is 0 Å². The van der Waals surface area contributed by atoms with Gasteiger partial charge in [-0.2, -0.15) is 0 Å². The van der Waals surface area contributed by atoms with Gasteiger partial charge in [-0.15, -0.1) is 6.42 Å². The first-order valence-electron chi connectivity index (χ1n) is 3.42. The Hall–Kier alpha value is -1.47. The monoisotopic (exact) mass is 185 g/mol. The summed E-state index contributed by atoms with van der Waals surface area (Å²) >= 11 is 0. The van der Waals surface area contributed by atoms with Crippen LogP contribution in [0.1, 0.15) is 11.6 Å². The molecule has 0 aliphatic heterocycles. The maximum Gasteiger partial charge on any atom is 0.134 e. The van der Waals surface area contributed by atoms with Crippen LogP contribution in [0.25, 0.3) is 0 Å². The van der Waals surface area contributed by atoms with Crippen LogP contribution in [0.4, 0.5) is 13.2 Å². The Morgan fingerprint density at radius 3 is 2.08 bits per heavy atom. The second kappa shape index (κ2) is 3.50. The van der Waals surface area contributed by atoms with Gasteiger partial charge in [-0.3, -0.25) is 0 Å². The topological polar surface area (TPSA) is 26.0 Å². The Labute approximate surface area is 73.4 Å². The van der Waals surface area contributed by atoms with E-state index in [1.54, 1.807) is 0 Å². The average molecular weight is 185 g/mol. The van der Waals surface area contributed by atoms with Crippen LogP contribution in [-0.4, -0.2) is 0 Å². The average Bonchev–Trinajstić information content (AvgIpc) is 2.02. The summed E-state index contributed by atoms with van der Waals surface area (Å²) in [6.45, 7) is 0. The summed E-state index contributed by atoms with van der Waals surface area (Å²) in [7, 11) is 0. The lowest BCUT2D eigenvalue weighted by Gasteiger charge is -2.07. The SMILES string of the molecule is C#CC(N)c1c(F)cc(F)cc1F. The van der Waals surface area contributed by atoms with E-state index in [0.29, 0.717) is 12.1 Å². The lowest BCUT2D eigenvalue weighted by atomic mass is 10.1. The van der Waals surface area contributed by atoms with Crippen molar-refractivity contribution in [3.8, 4) is 12.3 Å². The highest BCUT2D eigenvalue weighted by Crippen LogP contribution is 2.19. The van der Waals surface area contributed by atoms with E-state index < -0.39 is 29.1 Å². The molecular formula is C9H6F3N. The van der Waals surface area contributed by atoms with E-state index in [2.05, 4.69) is 0 Å². The molecule has 4 heteroatoms. The third kappa shape index (κ3) is 1.82. The molecule has 13 heavy (non-hydrogen) atoms. The Morgan fingerprint density at radius 2 is 1.69 bits per heavy atom. The standard InChI is InChI=1S/C9H6F3N/c1-2-8(13)9-6(11)3-5(10)4-7(9)12/h1,3-4,8H,13H2. The van der Waals surface area contributed by atoms with Crippen molar-refractivity contribution in [2.75, 3.05) is 0 Å². The molecule has 0 spiro atoms. The van der Waals surface area contributed by atoms with Gasteiger partial charge in [-0.25, -0.2) is 13.2 Å². The molecule has 2 N–H and O–H groups in total. The Morgan fingerprint density at radius 1 is 1.23 bits per heavy atom. The van der Waals surface area contributed by atoms with Gasteiger partial charge >= 0.3 is 0 Å². The number of hydrogen-bond acceptors (Lipinski definition) is 1. The van der Waals surface area contributed by atoms with Crippen LogP contribution in [0.15, 0.2) is 12.1 Å². The Kier molecular flexibility index (Phi) is 2.59. The fourth-order valence-electron chi connectivity index (χ4n) is 0.934. The molecule has 0 saturated carbocycles. The van der Waals surface area contributed by atoms with E-state index in [1.165, 1.54) is 0 Å². The van der Waals surface area contributed by atoms with Crippen LogP contribution < -0.4 is 5.73 Å². The van der Waals surface area contributed by atoms with E-state index >= 15 is 0 Å². The predicted octanol–water partition coefficient (Wildman–Crippen LogP) is 1.74. The lowest BCUT2D eigenvalue weighted by molar-refractivity contribution is 0.519. The molecule has 0 radical (unpaired) electrons. The molecule has 1 unspecified atom stereocenters. The van der Waals surface area contributed by atoms with E-state index in [1.807, 2.05) is 5.92 Å². The van der Waals surface area contributed by atoms with E-state index in [4.69, 9.17) is 12.2 Å². The van der Waals surface area contributed by atoms with Crippen molar-refractivity contribution in [2.45, 2.75) is 6.04 Å². The summed E-state index contributed by atoms with van der Waals surface area (Å²) in [4.78, 5) is 0. The third-order valence-electron chi connectivity index (χ3n) is 1.53. The van der Waals surface area contributed by atoms with Crippen LogP contribution >= 0.6 is 0 Å². The fourth-order valence-corrected chi connectivity index (χ4v) is 0.934. The van der Waals surface area contributed by atoms with E-state index in [9.17, 15) is 13.2 Å². The molecule has 0 aliphatic carbocycles. The smallest absolute Gasteiger partial charge is 0.134 e. The molecule has 68 valence electrons. The Bertz CT molecular complexity index is 345. The first kappa shape index (κ1) is 9.62. The zero-order valence-corrected chi connectivity index (χ0v) is 6.52. The second-order valence-corrected chi connectivity index (χ2v) is 2.43. The molecule has 0 amide bonds. The van der Waals surface area contributed by atoms with Crippen molar-refractivity contribution < 1.29 is 13.2 Å². The van der Waals surface area contributed by atoms with Gasteiger partial charge in [0, 0.05) is 12.1 Å². The lowest BCUT2D eigenvalue weighted by Crippen LogP contribution is -2.12. The van der Waals surface area contributed by atoms with Crippen molar-refractivity contribution in [1.82, 2.24) is 0 Å². The van der Waals surface area contributed by atoms with Gasteiger partial charge in [-0.1, -0.05) is 5.92 Å². The predicted molar refractivity (Wildman–Crippen MR) is 42.1 cm³/mol. The second-order valence-electron chi connectivity index (χ2n) is 2.43. The number of benzene rings is 1. The molecule has 0 aliphatic rings. The summed E-state index contributed by atoms with van der Waals surface area (Å²) in [6.07, 6.45) is 4.88. The number of terminal acetylenes is 1. The fraction of sp³-hybridized carbons (Fsp3) is 0.111. The number of hydrogen-bond donors (Lipinski definition) is 1. The van der Waals surface area contributed by atoms with E-state index in [0.717, 1.165) is 0 Å². The van der Waals surface area contributed by atoms with Gasteiger partial charge in [0.15, 0.2) is 0 Å². The van der Waals surface area contributed by atoms with Crippen LogP contribution in [0.5, 0.6) is 0 Å². The molecule has 1 atom stereocenters. The summed E-state index contributed by atoms with van der Waals surface area (Å²) in [5.41, 5.74) is 4.72. The minimum Gasteiger partial charge on any atom is -0.314 e. The first-order chi connectivity index (χ1) is 6.06. The maximum absolute atomic E-state index is 12.9. The molecule has 0 heterocycles. The minimum absolute atomic E-state index is 0.482. The zero-order chi connectivity index (χ0) is 10.0. The molecule has 1 aromatic rings. The zero-order valence-electron chi connectivity index (χ0n) is 6.52. The van der Waals surface area contributed by atoms with Crippen molar-refractivity contribution in [2.24, 2.45) is 5.73 Å². The summed E-state index contributed by atoms with van der Waals surface area (Å²) in [6, 6.07) is -0.119. The molecule has 0 saturated heterocycles. The van der Waals surface area contributed by atoms with Crippen molar-refractivity contribution >= 4 is 0 Å². The minimum atomic E-state index is -1.19. The quantitative estimate of drug-likeness (QED) is 0.662. The highest BCUT2D eigenvalue weighted by molar-refractivity contribution is 5.28. The molecule has 0 aromatic heterocycles. The Balaban J connectivity index is 3.30.